The van der Waals surface area contributed by atoms with E-state index >= 15 is 0 Å². The van der Waals surface area contributed by atoms with Crippen molar-refractivity contribution in [2.24, 2.45) is 0 Å². The predicted molar refractivity (Wildman–Crippen MR) is 130 cm³/mol. The number of hydrogen-bond donors (Lipinski definition) is 2. The zero-order valence-electron chi connectivity index (χ0n) is 18.6. The molecule has 1 fully saturated rings. The van der Waals surface area contributed by atoms with Gasteiger partial charge in [-0.25, -0.2) is 14.6 Å². The van der Waals surface area contributed by atoms with Gasteiger partial charge in [0.15, 0.2) is 10.8 Å². The van der Waals surface area contributed by atoms with Crippen molar-refractivity contribution < 1.29 is 9.59 Å². The van der Waals surface area contributed by atoms with E-state index in [-0.39, 0.29) is 17.9 Å². The number of anilines is 2. The number of fused-ring (bicyclic) bond motifs is 1. The van der Waals surface area contributed by atoms with Crippen molar-refractivity contribution >= 4 is 45.0 Å². The maximum absolute atomic E-state index is 13.2. The molecule has 2 N–H and O–H groups in total. The Kier molecular flexibility index (Phi) is 5.41. The second kappa shape index (κ2) is 8.40. The van der Waals surface area contributed by atoms with Crippen molar-refractivity contribution in [1.29, 1.82) is 0 Å². The first-order chi connectivity index (χ1) is 15.9. The van der Waals surface area contributed by atoms with Crippen LogP contribution in [0.4, 0.5) is 10.8 Å². The second-order valence-corrected chi connectivity index (χ2v) is 9.40. The summed E-state index contributed by atoms with van der Waals surface area (Å²) in [5.74, 6) is 0.0910. The van der Waals surface area contributed by atoms with Crippen molar-refractivity contribution in [3.63, 3.8) is 0 Å². The molecule has 8 nitrogen and oxygen atoms in total. The lowest BCUT2D eigenvalue weighted by Gasteiger charge is -2.10. The van der Waals surface area contributed by atoms with E-state index in [0.717, 1.165) is 46.5 Å². The number of hydrogen-bond acceptors (Lipinski definition) is 6. The Hall–Kier alpha value is -3.59. The molecule has 3 heterocycles. The fourth-order valence-electron chi connectivity index (χ4n) is 3.75. The van der Waals surface area contributed by atoms with Crippen LogP contribution in [0, 0.1) is 0 Å². The van der Waals surface area contributed by atoms with Gasteiger partial charge in [0.05, 0.1) is 22.8 Å². The molecule has 0 bridgehead atoms. The number of benzene rings is 1. The molecule has 1 aliphatic carbocycles. The molecule has 4 aromatic rings. The van der Waals surface area contributed by atoms with Crippen LogP contribution in [0.5, 0.6) is 0 Å². The van der Waals surface area contributed by atoms with Gasteiger partial charge in [0.25, 0.3) is 5.91 Å². The summed E-state index contributed by atoms with van der Waals surface area (Å²) in [6.07, 6.45) is 3.93. The molecule has 0 radical (unpaired) electrons. The number of carbonyl (C=O) groups excluding carboxylic acids is 2. The van der Waals surface area contributed by atoms with E-state index in [4.69, 9.17) is 4.98 Å². The van der Waals surface area contributed by atoms with Crippen LogP contribution in [0.15, 0.2) is 41.9 Å². The maximum Gasteiger partial charge on any atom is 0.258 e. The van der Waals surface area contributed by atoms with Gasteiger partial charge in [0, 0.05) is 41.2 Å². The van der Waals surface area contributed by atoms with Crippen molar-refractivity contribution in [2.75, 3.05) is 10.6 Å². The first-order valence-electron chi connectivity index (χ1n) is 10.9. The molecule has 1 saturated carbocycles. The minimum Gasteiger partial charge on any atom is -0.326 e. The molecule has 0 aliphatic heterocycles. The number of pyridine rings is 1. The third-order valence-electron chi connectivity index (χ3n) is 5.54. The van der Waals surface area contributed by atoms with E-state index in [1.54, 1.807) is 6.20 Å². The number of nitrogens with one attached hydrogen (secondary N) is 2. The lowest BCUT2D eigenvalue weighted by atomic mass is 10.1. The van der Waals surface area contributed by atoms with Gasteiger partial charge in [-0.15, -0.1) is 11.3 Å². The number of rotatable bonds is 6. The standard InChI is InChI=1S/C24H24N6O2S/c1-13(2)30-22-19(11-25-30)18(10-20(27-22)15-4-5-15)23(32)29-24-28-21(12-33-24)16-6-8-17(9-7-16)26-14(3)31/h6-13,15H,4-5H2,1-3H3,(H,26,31)(H,28,29,32). The molecule has 1 aliphatic rings. The number of nitrogens with zero attached hydrogens (tertiary/aromatic N) is 4. The van der Waals surface area contributed by atoms with Crippen LogP contribution in [-0.2, 0) is 4.79 Å². The van der Waals surface area contributed by atoms with Crippen molar-refractivity contribution in [2.45, 2.75) is 45.6 Å². The summed E-state index contributed by atoms with van der Waals surface area (Å²) in [5, 5.41) is 13.3. The van der Waals surface area contributed by atoms with Crippen LogP contribution in [0.2, 0.25) is 0 Å². The minimum absolute atomic E-state index is 0.115. The number of carbonyl (C=O) groups is 2. The predicted octanol–water partition coefficient (Wildman–Crippen LogP) is 5.22. The monoisotopic (exact) mass is 460 g/mol. The van der Waals surface area contributed by atoms with Gasteiger partial charge in [-0.3, -0.25) is 14.9 Å². The molecule has 0 spiro atoms. The largest absolute Gasteiger partial charge is 0.326 e. The average Bonchev–Trinajstić information content (AvgIpc) is 3.37. The Labute approximate surface area is 195 Å². The normalized spacial score (nSPS) is 13.5. The molecule has 0 saturated heterocycles. The molecular weight excluding hydrogens is 436 g/mol. The Bertz CT molecular complexity index is 1350. The highest BCUT2D eigenvalue weighted by Crippen LogP contribution is 2.40. The Morgan fingerprint density at radius 1 is 1.12 bits per heavy atom. The zero-order valence-corrected chi connectivity index (χ0v) is 19.4. The topological polar surface area (TPSA) is 102 Å². The van der Waals surface area contributed by atoms with Gasteiger partial charge in [0.2, 0.25) is 5.91 Å². The van der Waals surface area contributed by atoms with Crippen molar-refractivity contribution in [1.82, 2.24) is 19.7 Å². The van der Waals surface area contributed by atoms with Crippen LogP contribution in [0.25, 0.3) is 22.3 Å². The van der Waals surface area contributed by atoms with Gasteiger partial charge in [-0.2, -0.15) is 5.10 Å². The van der Waals surface area contributed by atoms with Crippen molar-refractivity contribution in [3.8, 4) is 11.3 Å². The highest BCUT2D eigenvalue weighted by molar-refractivity contribution is 7.14. The van der Waals surface area contributed by atoms with Gasteiger partial charge < -0.3 is 5.32 Å². The smallest absolute Gasteiger partial charge is 0.258 e. The second-order valence-electron chi connectivity index (χ2n) is 8.54. The number of amides is 2. The van der Waals surface area contributed by atoms with E-state index < -0.39 is 0 Å². The first-order valence-corrected chi connectivity index (χ1v) is 11.8. The van der Waals surface area contributed by atoms with Gasteiger partial charge in [0.1, 0.15) is 0 Å². The summed E-state index contributed by atoms with van der Waals surface area (Å²) >= 11 is 1.37. The van der Waals surface area contributed by atoms with E-state index in [1.165, 1.54) is 18.3 Å². The number of aromatic nitrogens is 4. The summed E-state index contributed by atoms with van der Waals surface area (Å²) in [6.45, 7) is 5.58. The minimum atomic E-state index is -0.213. The summed E-state index contributed by atoms with van der Waals surface area (Å²) in [5.41, 5.74) is 4.67. The van der Waals surface area contributed by atoms with E-state index in [1.807, 2.05) is 40.4 Å². The van der Waals surface area contributed by atoms with Crippen LogP contribution in [-0.4, -0.2) is 31.6 Å². The highest BCUT2D eigenvalue weighted by Gasteiger charge is 2.28. The van der Waals surface area contributed by atoms with Crippen LogP contribution in [0.3, 0.4) is 0 Å². The third kappa shape index (κ3) is 4.36. The van der Waals surface area contributed by atoms with Gasteiger partial charge in [-0.1, -0.05) is 12.1 Å². The Morgan fingerprint density at radius 3 is 2.55 bits per heavy atom. The summed E-state index contributed by atoms with van der Waals surface area (Å²) in [6, 6.07) is 9.48. The first kappa shape index (κ1) is 21.3. The Balaban J connectivity index is 1.40. The molecular formula is C24H24N6O2S. The van der Waals surface area contributed by atoms with Crippen LogP contribution < -0.4 is 10.6 Å². The molecule has 5 rings (SSSR count). The quantitative estimate of drug-likeness (QED) is 0.411. The van der Waals surface area contributed by atoms with Crippen molar-refractivity contribution in [3.05, 3.63) is 53.2 Å². The molecule has 1 aromatic carbocycles. The van der Waals surface area contributed by atoms with Gasteiger partial charge in [-0.05, 0) is 44.9 Å². The van der Waals surface area contributed by atoms with Gasteiger partial charge >= 0.3 is 0 Å². The van der Waals surface area contributed by atoms with E-state index in [2.05, 4.69) is 34.6 Å². The summed E-state index contributed by atoms with van der Waals surface area (Å²) < 4.78 is 1.87. The SMILES string of the molecule is CC(=O)Nc1ccc(-c2csc(NC(=O)c3cc(C4CC4)nc4c3cnn4C(C)C)n2)cc1. The highest BCUT2D eigenvalue weighted by atomic mass is 32.1. The molecule has 168 valence electrons. The van der Waals surface area contributed by atoms with E-state index in [9.17, 15) is 9.59 Å². The maximum atomic E-state index is 13.2. The number of thiazole rings is 1. The molecule has 9 heteroatoms. The summed E-state index contributed by atoms with van der Waals surface area (Å²) in [4.78, 5) is 33.8. The Morgan fingerprint density at radius 2 is 1.88 bits per heavy atom. The average molecular weight is 461 g/mol. The fourth-order valence-corrected chi connectivity index (χ4v) is 4.46. The summed E-state index contributed by atoms with van der Waals surface area (Å²) in [7, 11) is 0. The molecule has 2 amide bonds. The van der Waals surface area contributed by atoms with Crippen LogP contribution >= 0.6 is 11.3 Å². The molecule has 0 unspecified atom stereocenters. The lowest BCUT2D eigenvalue weighted by molar-refractivity contribution is -0.114. The zero-order chi connectivity index (χ0) is 23.1. The lowest BCUT2D eigenvalue weighted by Crippen LogP contribution is -2.13. The molecule has 33 heavy (non-hydrogen) atoms. The van der Waals surface area contributed by atoms with Crippen LogP contribution in [0.1, 0.15) is 61.6 Å². The third-order valence-corrected chi connectivity index (χ3v) is 6.30. The molecule has 0 atom stereocenters. The fraction of sp³-hybridized carbons (Fsp3) is 0.292. The van der Waals surface area contributed by atoms with E-state index in [0.29, 0.717) is 16.6 Å². The molecule has 3 aromatic heterocycles.